The van der Waals surface area contributed by atoms with Crippen LogP contribution in [0.3, 0.4) is 0 Å². The van der Waals surface area contributed by atoms with Crippen molar-refractivity contribution in [2.45, 2.75) is 56.5 Å². The smallest absolute Gasteiger partial charge is 0.264 e. The molecule has 0 unspecified atom stereocenters. The number of H-pyrrole nitrogens is 1. The lowest BCUT2D eigenvalue weighted by Crippen LogP contribution is -2.45. The van der Waals surface area contributed by atoms with E-state index in [1.807, 2.05) is 13.8 Å². The predicted molar refractivity (Wildman–Crippen MR) is 126 cm³/mol. The molecule has 3 aromatic rings. The van der Waals surface area contributed by atoms with Crippen molar-refractivity contribution in [1.29, 1.82) is 0 Å². The van der Waals surface area contributed by atoms with E-state index in [1.54, 1.807) is 42.6 Å². The Bertz CT molecular complexity index is 1200. The van der Waals surface area contributed by atoms with Crippen molar-refractivity contribution in [2.24, 2.45) is 5.92 Å². The quantitative estimate of drug-likeness (QED) is 0.526. The summed E-state index contributed by atoms with van der Waals surface area (Å²) in [5, 5.41) is 3.63. The van der Waals surface area contributed by atoms with E-state index in [9.17, 15) is 13.2 Å². The molecule has 1 aliphatic carbocycles. The Hall–Kier alpha value is -3.07. The van der Waals surface area contributed by atoms with E-state index >= 15 is 0 Å². The molecule has 32 heavy (non-hydrogen) atoms. The van der Waals surface area contributed by atoms with Gasteiger partial charge in [0.1, 0.15) is 5.65 Å². The van der Waals surface area contributed by atoms with E-state index in [0.717, 1.165) is 0 Å². The highest BCUT2D eigenvalue weighted by atomic mass is 32.2. The van der Waals surface area contributed by atoms with Crippen molar-refractivity contribution in [3.05, 3.63) is 48.8 Å². The molecular formula is C23H29N5O3S. The number of fused-ring (bicyclic) bond motifs is 1. The van der Waals surface area contributed by atoms with Gasteiger partial charge in [0.15, 0.2) is 0 Å². The Kier molecular flexibility index (Phi) is 6.10. The molecule has 4 N–H and O–H groups in total. The van der Waals surface area contributed by atoms with Gasteiger partial charge in [-0.2, -0.15) is 0 Å². The van der Waals surface area contributed by atoms with Gasteiger partial charge in [0.25, 0.3) is 10.0 Å². The van der Waals surface area contributed by atoms with Gasteiger partial charge in [-0.3, -0.25) is 9.10 Å². The molecule has 0 aliphatic heterocycles. The summed E-state index contributed by atoms with van der Waals surface area (Å²) in [6.45, 7) is 3.87. The lowest BCUT2D eigenvalue weighted by atomic mass is 9.85. The van der Waals surface area contributed by atoms with Crippen LogP contribution >= 0.6 is 0 Å². The zero-order chi connectivity index (χ0) is 22.9. The minimum absolute atomic E-state index is 0.0346. The van der Waals surface area contributed by atoms with Gasteiger partial charge in [0.2, 0.25) is 5.91 Å². The number of hydrogen-bond donors (Lipinski definition) is 3. The number of carbonyl (C=O) groups is 1. The number of carbonyl (C=O) groups excluding carboxylic acids is 1. The maximum atomic E-state index is 13.9. The van der Waals surface area contributed by atoms with Crippen LogP contribution < -0.4 is 15.4 Å². The van der Waals surface area contributed by atoms with E-state index < -0.39 is 10.0 Å². The van der Waals surface area contributed by atoms with Gasteiger partial charge in [-0.15, -0.1) is 0 Å². The number of amides is 1. The molecule has 1 amide bonds. The molecule has 2 heterocycles. The molecule has 1 aromatic carbocycles. The highest BCUT2D eigenvalue weighted by Crippen LogP contribution is 2.40. The number of nitrogens with two attached hydrogens (primary N) is 1. The highest BCUT2D eigenvalue weighted by Gasteiger charge is 2.38. The molecule has 1 aliphatic rings. The van der Waals surface area contributed by atoms with E-state index in [1.165, 1.54) is 10.5 Å². The summed E-state index contributed by atoms with van der Waals surface area (Å²) in [5.74, 6) is -0.0793. The lowest BCUT2D eigenvalue weighted by molar-refractivity contribution is -0.126. The number of rotatable bonds is 6. The van der Waals surface area contributed by atoms with Crippen LogP contribution in [-0.2, 0) is 14.8 Å². The zero-order valence-corrected chi connectivity index (χ0v) is 19.1. The van der Waals surface area contributed by atoms with E-state index in [0.29, 0.717) is 48.1 Å². The second kappa shape index (κ2) is 8.82. The number of anilines is 2. The van der Waals surface area contributed by atoms with Crippen molar-refractivity contribution < 1.29 is 13.2 Å². The molecule has 9 heteroatoms. The number of hydrogen-bond acceptors (Lipinski definition) is 5. The average molecular weight is 456 g/mol. The number of nitrogens with one attached hydrogen (secondary N) is 2. The molecule has 0 radical (unpaired) electrons. The molecule has 4 rings (SSSR count). The number of sulfonamides is 1. The van der Waals surface area contributed by atoms with Gasteiger partial charge in [-0.05, 0) is 57.7 Å². The van der Waals surface area contributed by atoms with Crippen LogP contribution in [0.15, 0.2) is 53.7 Å². The minimum Gasteiger partial charge on any atom is -0.396 e. The fourth-order valence-electron chi connectivity index (χ4n) is 4.44. The third kappa shape index (κ3) is 4.17. The van der Waals surface area contributed by atoms with Gasteiger partial charge in [-0.1, -0.05) is 18.2 Å². The summed E-state index contributed by atoms with van der Waals surface area (Å²) in [4.78, 5) is 20.0. The first-order valence-electron chi connectivity index (χ1n) is 10.9. The number of nitrogen functional groups attached to an aromatic ring is 1. The number of aromatic amines is 1. The first-order valence-corrected chi connectivity index (χ1v) is 12.3. The second-order valence-electron chi connectivity index (χ2n) is 8.58. The van der Waals surface area contributed by atoms with Gasteiger partial charge in [0, 0.05) is 29.6 Å². The Morgan fingerprint density at radius 3 is 2.50 bits per heavy atom. The summed E-state index contributed by atoms with van der Waals surface area (Å²) in [5.41, 5.74) is 7.63. The molecule has 1 saturated carbocycles. The molecule has 0 saturated heterocycles. The van der Waals surface area contributed by atoms with Crippen molar-refractivity contribution in [1.82, 2.24) is 15.3 Å². The van der Waals surface area contributed by atoms with Gasteiger partial charge >= 0.3 is 0 Å². The van der Waals surface area contributed by atoms with Crippen LogP contribution in [0, 0.1) is 5.92 Å². The van der Waals surface area contributed by atoms with Crippen molar-refractivity contribution in [3.8, 4) is 0 Å². The van der Waals surface area contributed by atoms with Crippen LogP contribution in [-0.4, -0.2) is 36.4 Å². The largest absolute Gasteiger partial charge is 0.396 e. The fourth-order valence-corrected chi connectivity index (χ4v) is 6.21. The first-order chi connectivity index (χ1) is 15.3. The maximum absolute atomic E-state index is 13.9. The lowest BCUT2D eigenvalue weighted by Gasteiger charge is -2.38. The topological polar surface area (TPSA) is 121 Å². The third-order valence-corrected chi connectivity index (χ3v) is 7.80. The summed E-state index contributed by atoms with van der Waals surface area (Å²) in [6, 6.07) is 9.95. The first kappa shape index (κ1) is 22.1. The second-order valence-corrected chi connectivity index (χ2v) is 10.4. The maximum Gasteiger partial charge on any atom is 0.264 e. The number of benzene rings is 1. The number of aromatic nitrogens is 2. The normalized spacial score (nSPS) is 19.2. The van der Waals surface area contributed by atoms with E-state index in [-0.39, 0.29) is 28.8 Å². The zero-order valence-electron chi connectivity index (χ0n) is 18.3. The Morgan fingerprint density at radius 2 is 1.84 bits per heavy atom. The minimum atomic E-state index is -3.89. The monoisotopic (exact) mass is 455 g/mol. The van der Waals surface area contributed by atoms with Crippen molar-refractivity contribution in [2.75, 3.05) is 10.0 Å². The SMILES string of the molecule is CC(C)NC(=O)C1CCC(N(c2c(N)cnc3[nH]ccc23)S(=O)(=O)c2ccccc2)CC1. The molecule has 8 nitrogen and oxygen atoms in total. The molecule has 1 fully saturated rings. The summed E-state index contributed by atoms with van der Waals surface area (Å²) in [7, 11) is -3.89. The molecular weight excluding hydrogens is 426 g/mol. The van der Waals surface area contributed by atoms with E-state index in [4.69, 9.17) is 5.73 Å². The van der Waals surface area contributed by atoms with Crippen molar-refractivity contribution >= 4 is 38.3 Å². The van der Waals surface area contributed by atoms with Crippen molar-refractivity contribution in [3.63, 3.8) is 0 Å². The van der Waals surface area contributed by atoms with Gasteiger partial charge in [-0.25, -0.2) is 13.4 Å². The summed E-state index contributed by atoms with van der Waals surface area (Å²) >= 11 is 0. The highest BCUT2D eigenvalue weighted by molar-refractivity contribution is 7.93. The van der Waals surface area contributed by atoms with Gasteiger partial charge < -0.3 is 16.0 Å². The predicted octanol–water partition coefficient (Wildman–Crippen LogP) is 3.42. The Balaban J connectivity index is 1.74. The number of nitrogens with zero attached hydrogens (tertiary/aromatic N) is 2. The standard InChI is InChI=1S/C23H29N5O3S/c1-15(2)27-23(29)16-8-10-17(11-9-16)28(32(30,31)18-6-4-3-5-7-18)21-19-12-13-25-22(19)26-14-20(21)24/h3-7,12-17H,8-11,24H2,1-2H3,(H,25,26)(H,27,29). The Labute approximate surface area is 188 Å². The molecule has 0 atom stereocenters. The molecule has 0 spiro atoms. The van der Waals surface area contributed by atoms with Crippen LogP contribution in [0.1, 0.15) is 39.5 Å². The van der Waals surface area contributed by atoms with Gasteiger partial charge in [0.05, 0.1) is 22.5 Å². The van der Waals surface area contributed by atoms with E-state index in [2.05, 4.69) is 15.3 Å². The van der Waals surface area contributed by atoms with Crippen LogP contribution in [0.4, 0.5) is 11.4 Å². The number of pyridine rings is 1. The third-order valence-electron chi connectivity index (χ3n) is 5.94. The average Bonchev–Trinajstić information content (AvgIpc) is 3.25. The van der Waals surface area contributed by atoms with Crippen LogP contribution in [0.5, 0.6) is 0 Å². The molecule has 170 valence electrons. The summed E-state index contributed by atoms with van der Waals surface area (Å²) < 4.78 is 29.2. The molecule has 0 bridgehead atoms. The molecule has 2 aromatic heterocycles. The Morgan fingerprint density at radius 1 is 1.16 bits per heavy atom. The van der Waals surface area contributed by atoms with Crippen LogP contribution in [0.2, 0.25) is 0 Å². The summed E-state index contributed by atoms with van der Waals surface area (Å²) in [6.07, 6.45) is 5.58. The van der Waals surface area contributed by atoms with Crippen LogP contribution in [0.25, 0.3) is 11.0 Å². The fraction of sp³-hybridized carbons (Fsp3) is 0.391.